The molecule has 1 N–H and O–H groups in total. The monoisotopic (exact) mass is 376 g/mol. The molecule has 0 saturated carbocycles. The molecule has 1 aromatic carbocycles. The Hall–Kier alpha value is -1.99. The summed E-state index contributed by atoms with van der Waals surface area (Å²) >= 11 is 0. The average Bonchev–Trinajstić information content (AvgIpc) is 2.57. The van der Waals surface area contributed by atoms with Crippen LogP contribution in [0.15, 0.2) is 34.9 Å². The zero-order valence-electron chi connectivity index (χ0n) is 15.3. The highest BCUT2D eigenvalue weighted by Gasteiger charge is 2.41. The molecule has 0 radical (unpaired) electrons. The third kappa shape index (κ3) is 3.33. The summed E-state index contributed by atoms with van der Waals surface area (Å²) in [6.07, 6.45) is 1.72. The van der Waals surface area contributed by atoms with Gasteiger partial charge in [-0.05, 0) is 32.6 Å². The minimum atomic E-state index is -4.10. The molecule has 0 bridgehead atoms. The predicted molar refractivity (Wildman–Crippen MR) is 99.3 cm³/mol. The second kappa shape index (κ2) is 6.96. The number of likely N-dealkylation sites (tertiary alicyclic amines) is 1. The number of hydrogen-bond acceptors (Lipinski definition) is 5. The molecule has 140 valence electrons. The van der Waals surface area contributed by atoms with Crippen molar-refractivity contribution >= 4 is 21.6 Å². The van der Waals surface area contributed by atoms with Gasteiger partial charge < -0.3 is 4.90 Å². The molecule has 26 heavy (non-hydrogen) atoms. The van der Waals surface area contributed by atoms with E-state index in [0.717, 1.165) is 12.8 Å². The Balaban J connectivity index is 2.18. The van der Waals surface area contributed by atoms with Crippen molar-refractivity contribution in [3.05, 3.63) is 46.0 Å². The summed E-state index contributed by atoms with van der Waals surface area (Å²) in [5, 5.41) is 0. The van der Waals surface area contributed by atoms with Gasteiger partial charge >= 0.3 is 0 Å². The molecule has 1 aliphatic carbocycles. The zero-order chi connectivity index (χ0) is 19.1. The number of nitrogens with one attached hydrogen (secondary N) is 1. The Labute approximate surface area is 154 Å². The van der Waals surface area contributed by atoms with Crippen LogP contribution in [0.5, 0.6) is 0 Å². The molecule has 1 aromatic rings. The fraction of sp³-hybridized carbons (Fsp3) is 0.474. The van der Waals surface area contributed by atoms with E-state index in [0.29, 0.717) is 19.0 Å². The van der Waals surface area contributed by atoms with Crippen LogP contribution < -0.4 is 4.72 Å². The van der Waals surface area contributed by atoms with Crippen molar-refractivity contribution in [1.82, 2.24) is 9.62 Å². The first kappa shape index (κ1) is 18.8. The van der Waals surface area contributed by atoms with Crippen LogP contribution in [-0.4, -0.2) is 44.0 Å². The van der Waals surface area contributed by atoms with E-state index >= 15 is 0 Å². The normalized spacial score (nSPS) is 19.3. The van der Waals surface area contributed by atoms with E-state index in [1.54, 1.807) is 36.9 Å². The Morgan fingerprint density at radius 1 is 1.04 bits per heavy atom. The number of sulfonamides is 1. The van der Waals surface area contributed by atoms with Gasteiger partial charge in [-0.3, -0.25) is 9.59 Å². The van der Waals surface area contributed by atoms with Crippen molar-refractivity contribution in [1.29, 1.82) is 0 Å². The Morgan fingerprint density at radius 3 is 2.12 bits per heavy atom. The molecule has 1 heterocycles. The van der Waals surface area contributed by atoms with E-state index in [4.69, 9.17) is 0 Å². The maximum absolute atomic E-state index is 13.1. The molecule has 2 aliphatic rings. The van der Waals surface area contributed by atoms with Gasteiger partial charge in [0.15, 0.2) is 4.91 Å². The number of carbonyl (C=O) groups is 2. The highest BCUT2D eigenvalue weighted by Crippen LogP contribution is 2.33. The number of benzene rings is 1. The Bertz CT molecular complexity index is 879. The third-order valence-electron chi connectivity index (χ3n) is 4.81. The second-order valence-electron chi connectivity index (χ2n) is 7.33. The first-order valence-corrected chi connectivity index (χ1v) is 10.4. The molecule has 0 amide bonds. The summed E-state index contributed by atoms with van der Waals surface area (Å²) in [5.41, 5.74) is 0.444. The molecule has 1 fully saturated rings. The standard InChI is InChI=1S/C19H24N2O4S/c1-12(2)20-26(24,25)19-16(21-10-8-13(3)9-11-21)17(22)14-6-4-5-7-15(14)18(19)23/h4-7,12-13,20H,8-11H2,1-3H3. The summed E-state index contributed by atoms with van der Waals surface area (Å²) in [5.74, 6) is -0.483. The van der Waals surface area contributed by atoms with Crippen molar-refractivity contribution in [3.8, 4) is 0 Å². The van der Waals surface area contributed by atoms with Crippen molar-refractivity contribution in [2.75, 3.05) is 13.1 Å². The van der Waals surface area contributed by atoms with Gasteiger partial charge in [-0.25, -0.2) is 13.1 Å². The van der Waals surface area contributed by atoms with Crippen molar-refractivity contribution in [2.45, 2.75) is 39.7 Å². The lowest BCUT2D eigenvalue weighted by molar-refractivity contribution is 0.0932. The lowest BCUT2D eigenvalue weighted by Gasteiger charge is -2.35. The van der Waals surface area contributed by atoms with E-state index in [-0.39, 0.29) is 28.6 Å². The Kier molecular flexibility index (Phi) is 5.03. The fourth-order valence-corrected chi connectivity index (χ4v) is 5.05. The van der Waals surface area contributed by atoms with Gasteiger partial charge in [0.25, 0.3) is 0 Å². The minimum absolute atomic E-state index is 0.0220. The summed E-state index contributed by atoms with van der Waals surface area (Å²) in [7, 11) is -4.10. The topological polar surface area (TPSA) is 83.6 Å². The summed E-state index contributed by atoms with van der Waals surface area (Å²) < 4.78 is 28.3. The first-order chi connectivity index (χ1) is 12.2. The highest BCUT2D eigenvalue weighted by atomic mass is 32.2. The van der Waals surface area contributed by atoms with Crippen molar-refractivity contribution in [2.24, 2.45) is 5.92 Å². The molecule has 0 aromatic heterocycles. The number of hydrogen-bond donors (Lipinski definition) is 1. The third-order valence-corrected chi connectivity index (χ3v) is 6.51. The first-order valence-electron chi connectivity index (χ1n) is 8.92. The number of piperidine rings is 1. The minimum Gasteiger partial charge on any atom is -0.367 e. The Morgan fingerprint density at radius 2 is 1.58 bits per heavy atom. The molecule has 1 aliphatic heterocycles. The van der Waals surface area contributed by atoms with Crippen LogP contribution in [-0.2, 0) is 10.0 Å². The number of rotatable bonds is 4. The average molecular weight is 376 g/mol. The molecule has 0 atom stereocenters. The van der Waals surface area contributed by atoms with Crippen LogP contribution in [0.3, 0.4) is 0 Å². The zero-order valence-corrected chi connectivity index (χ0v) is 16.1. The number of allylic oxidation sites excluding steroid dienone is 2. The molecule has 6 nitrogen and oxygen atoms in total. The molecule has 7 heteroatoms. The van der Waals surface area contributed by atoms with E-state index in [1.165, 1.54) is 6.07 Å². The maximum atomic E-state index is 13.1. The number of nitrogens with zero attached hydrogens (tertiary/aromatic N) is 1. The van der Waals surface area contributed by atoms with Gasteiger partial charge in [-0.1, -0.05) is 31.2 Å². The molecular weight excluding hydrogens is 352 g/mol. The number of carbonyl (C=O) groups excluding carboxylic acids is 2. The molecule has 1 saturated heterocycles. The van der Waals surface area contributed by atoms with Gasteiger partial charge in [-0.15, -0.1) is 0 Å². The quantitative estimate of drug-likeness (QED) is 0.872. The van der Waals surface area contributed by atoms with Gasteiger partial charge in [0, 0.05) is 30.3 Å². The van der Waals surface area contributed by atoms with Crippen LogP contribution in [0, 0.1) is 5.92 Å². The lowest BCUT2D eigenvalue weighted by Crippen LogP contribution is -2.43. The van der Waals surface area contributed by atoms with Crippen LogP contribution in [0.4, 0.5) is 0 Å². The van der Waals surface area contributed by atoms with E-state index in [9.17, 15) is 18.0 Å². The molecular formula is C19H24N2O4S. The van der Waals surface area contributed by atoms with Crippen molar-refractivity contribution in [3.63, 3.8) is 0 Å². The number of fused-ring (bicyclic) bond motifs is 1. The summed E-state index contributed by atoms with van der Waals surface area (Å²) in [4.78, 5) is 27.6. The van der Waals surface area contributed by atoms with Crippen molar-refractivity contribution < 1.29 is 18.0 Å². The van der Waals surface area contributed by atoms with Crippen LogP contribution in [0.2, 0.25) is 0 Å². The maximum Gasteiger partial charge on any atom is 0.246 e. The lowest BCUT2D eigenvalue weighted by atomic mass is 9.90. The van der Waals surface area contributed by atoms with Crippen LogP contribution in [0.25, 0.3) is 0 Å². The molecule has 0 unspecified atom stereocenters. The fourth-order valence-electron chi connectivity index (χ4n) is 3.48. The van der Waals surface area contributed by atoms with Gasteiger partial charge in [-0.2, -0.15) is 0 Å². The van der Waals surface area contributed by atoms with Gasteiger partial charge in [0.2, 0.25) is 21.6 Å². The van der Waals surface area contributed by atoms with Gasteiger partial charge in [0.1, 0.15) is 5.70 Å². The smallest absolute Gasteiger partial charge is 0.246 e. The van der Waals surface area contributed by atoms with E-state index in [2.05, 4.69) is 11.6 Å². The van der Waals surface area contributed by atoms with Crippen LogP contribution >= 0.6 is 0 Å². The highest BCUT2D eigenvalue weighted by molar-refractivity contribution is 7.94. The van der Waals surface area contributed by atoms with Gasteiger partial charge in [0.05, 0.1) is 0 Å². The number of Topliss-reactive ketones (excluding diaryl/α,β-unsaturated/α-hetero) is 2. The summed E-state index contributed by atoms with van der Waals surface area (Å²) in [6, 6.07) is 6.04. The predicted octanol–water partition coefficient (Wildman–Crippen LogP) is 2.34. The second-order valence-corrected chi connectivity index (χ2v) is 8.98. The van der Waals surface area contributed by atoms with Crippen LogP contribution in [0.1, 0.15) is 54.3 Å². The SMILES string of the molecule is CC1CCN(C2=C(S(=O)(=O)NC(C)C)C(=O)c3ccccc3C2=O)CC1. The number of ketones is 2. The largest absolute Gasteiger partial charge is 0.367 e. The molecule has 3 rings (SSSR count). The summed E-state index contributed by atoms with van der Waals surface area (Å²) in [6.45, 7) is 6.64. The molecule has 0 spiro atoms. The van der Waals surface area contributed by atoms with E-state index < -0.39 is 20.7 Å². The van der Waals surface area contributed by atoms with E-state index in [1.807, 2.05) is 0 Å².